The minimum absolute atomic E-state index is 0.0248. The fourth-order valence-corrected chi connectivity index (χ4v) is 2.66. The number of hydrogen-bond acceptors (Lipinski definition) is 3. The molecular weight excluding hydrogens is 236 g/mol. The first kappa shape index (κ1) is 13.1. The lowest BCUT2D eigenvalue weighted by molar-refractivity contribution is -0.139. The van der Waals surface area contributed by atoms with Crippen LogP contribution in [0.15, 0.2) is 0 Å². The van der Waals surface area contributed by atoms with Gasteiger partial charge < -0.3 is 20.4 Å². The maximum absolute atomic E-state index is 12.0. The van der Waals surface area contributed by atoms with Crippen molar-refractivity contribution in [1.29, 1.82) is 0 Å². The van der Waals surface area contributed by atoms with E-state index in [1.807, 2.05) is 0 Å². The second-order valence-corrected chi connectivity index (χ2v) is 5.80. The number of nitrogens with one attached hydrogen (secondary N) is 1. The van der Waals surface area contributed by atoms with Crippen LogP contribution >= 0.6 is 0 Å². The Bertz CT molecular complexity index is 363. The van der Waals surface area contributed by atoms with E-state index in [0.29, 0.717) is 19.5 Å². The molecule has 0 aromatic carbocycles. The van der Waals surface area contributed by atoms with Gasteiger partial charge in [-0.25, -0.2) is 4.79 Å². The number of likely N-dealkylation sites (tertiary alicyclic amines) is 1. The minimum Gasteiger partial charge on any atom is -0.481 e. The zero-order valence-electron chi connectivity index (χ0n) is 10.6. The summed E-state index contributed by atoms with van der Waals surface area (Å²) in [6.45, 7) is 2.53. The second kappa shape index (κ2) is 4.42. The lowest BCUT2D eigenvalue weighted by Gasteiger charge is -2.42. The van der Waals surface area contributed by atoms with Crippen LogP contribution in [0.3, 0.4) is 0 Å². The van der Waals surface area contributed by atoms with Crippen LogP contribution in [-0.4, -0.2) is 51.3 Å². The Balaban J connectivity index is 1.92. The van der Waals surface area contributed by atoms with E-state index in [1.165, 1.54) is 0 Å². The Morgan fingerprint density at radius 1 is 1.33 bits per heavy atom. The standard InChI is InChI=1S/C12H20N2O4/c1-11(18)5-6-14(8-11)10(17)13-12(3-2-4-12)7-9(15)16/h18H,2-8H2,1H3,(H,13,17)(H,15,16). The Kier molecular flexibility index (Phi) is 3.23. The molecule has 1 atom stereocenters. The minimum atomic E-state index is -0.886. The summed E-state index contributed by atoms with van der Waals surface area (Å²) in [7, 11) is 0. The molecule has 0 aromatic heterocycles. The van der Waals surface area contributed by atoms with Crippen LogP contribution in [-0.2, 0) is 4.79 Å². The van der Waals surface area contributed by atoms with Crippen molar-refractivity contribution in [3.63, 3.8) is 0 Å². The van der Waals surface area contributed by atoms with Gasteiger partial charge in [-0.05, 0) is 32.6 Å². The third-order valence-electron chi connectivity index (χ3n) is 3.91. The third kappa shape index (κ3) is 2.75. The zero-order valence-corrected chi connectivity index (χ0v) is 10.6. The number of nitrogens with zero attached hydrogens (tertiary/aromatic N) is 1. The van der Waals surface area contributed by atoms with Gasteiger partial charge in [0.2, 0.25) is 0 Å². The lowest BCUT2D eigenvalue weighted by atomic mass is 9.74. The first-order chi connectivity index (χ1) is 8.32. The van der Waals surface area contributed by atoms with Gasteiger partial charge in [0.05, 0.1) is 24.1 Å². The van der Waals surface area contributed by atoms with Crippen molar-refractivity contribution in [3.05, 3.63) is 0 Å². The molecule has 1 aliphatic carbocycles. The van der Waals surface area contributed by atoms with Gasteiger partial charge in [-0.2, -0.15) is 0 Å². The summed E-state index contributed by atoms with van der Waals surface area (Å²) < 4.78 is 0. The Hall–Kier alpha value is -1.30. The third-order valence-corrected chi connectivity index (χ3v) is 3.91. The molecule has 0 spiro atoms. The Labute approximate surface area is 106 Å². The van der Waals surface area contributed by atoms with Crippen molar-refractivity contribution in [2.24, 2.45) is 0 Å². The fourth-order valence-electron chi connectivity index (χ4n) is 2.66. The number of carbonyl (C=O) groups excluding carboxylic acids is 1. The summed E-state index contributed by atoms with van der Waals surface area (Å²) in [6.07, 6.45) is 2.92. The largest absolute Gasteiger partial charge is 0.481 e. The van der Waals surface area contributed by atoms with Gasteiger partial charge >= 0.3 is 12.0 Å². The van der Waals surface area contributed by atoms with Crippen molar-refractivity contribution in [1.82, 2.24) is 10.2 Å². The smallest absolute Gasteiger partial charge is 0.317 e. The highest BCUT2D eigenvalue weighted by Gasteiger charge is 2.43. The molecule has 0 radical (unpaired) electrons. The molecule has 2 rings (SSSR count). The number of rotatable bonds is 3. The molecular formula is C12H20N2O4. The van der Waals surface area contributed by atoms with E-state index >= 15 is 0 Å². The fraction of sp³-hybridized carbons (Fsp3) is 0.833. The van der Waals surface area contributed by atoms with Gasteiger partial charge in [0.25, 0.3) is 0 Å². The molecule has 0 aromatic rings. The van der Waals surface area contributed by atoms with Crippen LogP contribution in [0.5, 0.6) is 0 Å². The number of amides is 2. The molecule has 1 heterocycles. The predicted molar refractivity (Wildman–Crippen MR) is 64.2 cm³/mol. The summed E-state index contributed by atoms with van der Waals surface area (Å²) in [5, 5.41) is 21.5. The van der Waals surface area contributed by atoms with Crippen molar-refractivity contribution >= 4 is 12.0 Å². The molecule has 1 unspecified atom stereocenters. The van der Waals surface area contributed by atoms with E-state index in [9.17, 15) is 14.7 Å². The summed E-state index contributed by atoms with van der Waals surface area (Å²) in [6, 6.07) is -0.256. The predicted octanol–water partition coefficient (Wildman–Crippen LogP) is 0.550. The maximum atomic E-state index is 12.0. The van der Waals surface area contributed by atoms with Gasteiger partial charge in [-0.3, -0.25) is 4.79 Å². The molecule has 0 bridgehead atoms. The van der Waals surface area contributed by atoms with E-state index in [-0.39, 0.29) is 12.5 Å². The summed E-state index contributed by atoms with van der Waals surface area (Å²) >= 11 is 0. The van der Waals surface area contributed by atoms with Crippen molar-refractivity contribution in [2.45, 2.75) is 50.2 Å². The van der Waals surface area contributed by atoms with Crippen LogP contribution in [0.25, 0.3) is 0 Å². The highest BCUT2D eigenvalue weighted by Crippen LogP contribution is 2.35. The highest BCUT2D eigenvalue weighted by molar-refractivity contribution is 5.77. The van der Waals surface area contributed by atoms with E-state index < -0.39 is 17.1 Å². The van der Waals surface area contributed by atoms with Crippen LogP contribution in [0.2, 0.25) is 0 Å². The molecule has 2 fully saturated rings. The van der Waals surface area contributed by atoms with E-state index in [0.717, 1.165) is 19.3 Å². The molecule has 1 aliphatic heterocycles. The summed E-state index contributed by atoms with van der Waals surface area (Å²) in [5.41, 5.74) is -1.39. The van der Waals surface area contributed by atoms with Crippen LogP contribution in [0, 0.1) is 0 Å². The Morgan fingerprint density at radius 2 is 2.00 bits per heavy atom. The first-order valence-electron chi connectivity index (χ1n) is 6.33. The van der Waals surface area contributed by atoms with Crippen LogP contribution < -0.4 is 5.32 Å². The highest BCUT2D eigenvalue weighted by atomic mass is 16.4. The van der Waals surface area contributed by atoms with Gasteiger partial charge in [-0.15, -0.1) is 0 Å². The monoisotopic (exact) mass is 256 g/mol. The number of carboxylic acid groups (broad SMARTS) is 1. The molecule has 6 nitrogen and oxygen atoms in total. The SMILES string of the molecule is CC1(O)CCN(C(=O)NC2(CC(=O)O)CCC2)C1. The van der Waals surface area contributed by atoms with Gasteiger partial charge in [0, 0.05) is 6.54 Å². The number of aliphatic hydroxyl groups is 1. The average Bonchev–Trinajstić information content (AvgIpc) is 2.54. The number of β-amino-alcohol motifs (C(OH)–C–C–N with tert-alkyl or cyclic N) is 1. The molecule has 1 saturated carbocycles. The number of carboxylic acids is 1. The lowest BCUT2D eigenvalue weighted by Crippen LogP contribution is -2.58. The summed E-state index contributed by atoms with van der Waals surface area (Å²) in [5.74, 6) is -0.886. The normalized spacial score (nSPS) is 29.8. The molecule has 6 heteroatoms. The van der Waals surface area contributed by atoms with Crippen LogP contribution in [0.4, 0.5) is 4.79 Å². The van der Waals surface area contributed by atoms with E-state index in [2.05, 4.69) is 5.32 Å². The van der Waals surface area contributed by atoms with Gasteiger partial charge in [-0.1, -0.05) is 0 Å². The topological polar surface area (TPSA) is 89.9 Å². The zero-order chi connectivity index (χ0) is 13.4. The van der Waals surface area contributed by atoms with Crippen molar-refractivity contribution in [3.8, 4) is 0 Å². The first-order valence-corrected chi connectivity index (χ1v) is 6.33. The average molecular weight is 256 g/mol. The maximum Gasteiger partial charge on any atom is 0.317 e. The second-order valence-electron chi connectivity index (χ2n) is 5.80. The number of aliphatic carboxylic acids is 1. The molecule has 18 heavy (non-hydrogen) atoms. The molecule has 102 valence electrons. The van der Waals surface area contributed by atoms with Crippen molar-refractivity contribution < 1.29 is 19.8 Å². The Morgan fingerprint density at radius 3 is 2.39 bits per heavy atom. The van der Waals surface area contributed by atoms with E-state index in [1.54, 1.807) is 11.8 Å². The number of urea groups is 1. The van der Waals surface area contributed by atoms with Crippen molar-refractivity contribution in [2.75, 3.05) is 13.1 Å². The quantitative estimate of drug-likeness (QED) is 0.688. The van der Waals surface area contributed by atoms with Gasteiger partial charge in [0.1, 0.15) is 0 Å². The van der Waals surface area contributed by atoms with Crippen LogP contribution in [0.1, 0.15) is 39.0 Å². The molecule has 3 N–H and O–H groups in total. The molecule has 1 saturated heterocycles. The number of hydrogen-bond donors (Lipinski definition) is 3. The summed E-state index contributed by atoms with van der Waals surface area (Å²) in [4.78, 5) is 24.4. The van der Waals surface area contributed by atoms with Gasteiger partial charge in [0.15, 0.2) is 0 Å². The molecule has 2 aliphatic rings. The van der Waals surface area contributed by atoms with E-state index in [4.69, 9.17) is 5.11 Å². The molecule has 2 amide bonds. The number of carbonyl (C=O) groups is 2.